The third-order valence-corrected chi connectivity index (χ3v) is 4.61. The molecule has 4 nitrogen and oxygen atoms in total. The molecule has 0 heterocycles. The number of carbonyl (C=O) groups is 1. The van der Waals surface area contributed by atoms with Crippen LogP contribution >= 0.6 is 11.8 Å². The van der Waals surface area contributed by atoms with Crippen molar-refractivity contribution in [1.29, 1.82) is 0 Å². The number of benzene rings is 1. The Labute approximate surface area is 168 Å². The van der Waals surface area contributed by atoms with Crippen LogP contribution in [-0.2, 0) is 4.79 Å². The molecule has 148 valence electrons. The molecule has 0 saturated carbocycles. The fourth-order valence-electron chi connectivity index (χ4n) is 2.14. The van der Waals surface area contributed by atoms with Crippen molar-refractivity contribution in [2.75, 3.05) is 39.0 Å². The van der Waals surface area contributed by atoms with Crippen LogP contribution in [0.4, 0.5) is 0 Å². The molecular formula is C22H32N2O2S. The zero-order valence-electron chi connectivity index (χ0n) is 17.2. The number of methoxy groups -OCH3 is 1. The molecule has 0 bridgehead atoms. The maximum Gasteiger partial charge on any atom is 0.230 e. The van der Waals surface area contributed by atoms with Crippen LogP contribution in [0.1, 0.15) is 27.7 Å². The van der Waals surface area contributed by atoms with E-state index < -0.39 is 0 Å². The van der Waals surface area contributed by atoms with E-state index in [2.05, 4.69) is 55.8 Å². The number of carbonyl (C=O) groups excluding carboxylic acids is 1. The largest absolute Gasteiger partial charge is 0.497 e. The van der Waals surface area contributed by atoms with Crippen molar-refractivity contribution in [3.8, 4) is 17.6 Å². The first-order valence-corrected chi connectivity index (χ1v) is 10.3. The van der Waals surface area contributed by atoms with E-state index in [1.807, 2.05) is 30.3 Å². The summed E-state index contributed by atoms with van der Waals surface area (Å²) in [4.78, 5) is 15.3. The Hall–Kier alpha value is -1.90. The highest BCUT2D eigenvalue weighted by molar-refractivity contribution is 8.00. The van der Waals surface area contributed by atoms with Gasteiger partial charge in [-0.25, -0.2) is 0 Å². The lowest BCUT2D eigenvalue weighted by Gasteiger charge is -2.18. The van der Waals surface area contributed by atoms with Gasteiger partial charge in [-0.1, -0.05) is 30.9 Å². The smallest absolute Gasteiger partial charge is 0.230 e. The Bertz CT molecular complexity index is 669. The molecule has 0 spiro atoms. The summed E-state index contributed by atoms with van der Waals surface area (Å²) in [5, 5.41) is 2.98. The lowest BCUT2D eigenvalue weighted by atomic mass is 9.98. The van der Waals surface area contributed by atoms with Crippen LogP contribution in [0.15, 0.2) is 41.3 Å². The number of likely N-dealkylation sites (N-methyl/N-ethyl adjacent to an activating group) is 1. The van der Waals surface area contributed by atoms with Crippen LogP contribution in [0, 0.1) is 17.3 Å². The van der Waals surface area contributed by atoms with Gasteiger partial charge in [0.25, 0.3) is 0 Å². The summed E-state index contributed by atoms with van der Waals surface area (Å²) in [6.45, 7) is 11.7. The van der Waals surface area contributed by atoms with E-state index in [-0.39, 0.29) is 11.3 Å². The molecule has 1 amide bonds. The molecule has 27 heavy (non-hydrogen) atoms. The Balaban J connectivity index is 2.27. The molecule has 0 atom stereocenters. The molecule has 0 aliphatic rings. The fraction of sp³-hybridized carbons (Fsp3) is 0.500. The van der Waals surface area contributed by atoms with Crippen LogP contribution in [0.5, 0.6) is 5.75 Å². The molecule has 5 heteroatoms. The van der Waals surface area contributed by atoms with Gasteiger partial charge in [-0.2, -0.15) is 0 Å². The maximum atomic E-state index is 12.0. The van der Waals surface area contributed by atoms with E-state index in [1.165, 1.54) is 11.8 Å². The molecule has 1 aromatic rings. The van der Waals surface area contributed by atoms with Gasteiger partial charge >= 0.3 is 0 Å². The molecule has 0 unspecified atom stereocenters. The number of thioether (sulfide) groups is 1. The van der Waals surface area contributed by atoms with Crippen LogP contribution in [0.3, 0.4) is 0 Å². The number of hydrogen-bond donors (Lipinski definition) is 1. The van der Waals surface area contributed by atoms with Crippen molar-refractivity contribution in [3.63, 3.8) is 0 Å². The van der Waals surface area contributed by atoms with Gasteiger partial charge in [0.15, 0.2) is 0 Å². The minimum absolute atomic E-state index is 0.0297. The van der Waals surface area contributed by atoms with E-state index in [4.69, 9.17) is 4.74 Å². The Morgan fingerprint density at radius 3 is 2.81 bits per heavy atom. The highest BCUT2D eigenvalue weighted by Gasteiger charge is 2.05. The minimum Gasteiger partial charge on any atom is -0.497 e. The van der Waals surface area contributed by atoms with Gasteiger partial charge < -0.3 is 10.1 Å². The average Bonchev–Trinajstić information content (AvgIpc) is 2.64. The number of amides is 1. The lowest BCUT2D eigenvalue weighted by Crippen LogP contribution is -2.35. The summed E-state index contributed by atoms with van der Waals surface area (Å²) in [7, 11) is 1.64. The summed E-state index contributed by atoms with van der Waals surface area (Å²) >= 11 is 1.51. The highest BCUT2D eigenvalue weighted by Crippen LogP contribution is 2.22. The third-order valence-electron chi connectivity index (χ3n) is 3.62. The number of nitrogens with one attached hydrogen (secondary N) is 1. The van der Waals surface area contributed by atoms with Crippen LogP contribution < -0.4 is 10.1 Å². The summed E-state index contributed by atoms with van der Waals surface area (Å²) < 4.78 is 5.20. The van der Waals surface area contributed by atoms with Gasteiger partial charge in [-0.3, -0.25) is 9.69 Å². The average molecular weight is 389 g/mol. The van der Waals surface area contributed by atoms with Crippen molar-refractivity contribution in [2.24, 2.45) is 5.41 Å². The monoisotopic (exact) mass is 388 g/mol. The molecular weight excluding hydrogens is 356 g/mol. The molecule has 0 aliphatic carbocycles. The van der Waals surface area contributed by atoms with Gasteiger partial charge in [0.05, 0.1) is 12.9 Å². The zero-order valence-corrected chi connectivity index (χ0v) is 18.0. The van der Waals surface area contributed by atoms with Crippen LogP contribution in [-0.4, -0.2) is 49.8 Å². The molecule has 1 rings (SSSR count). The Kier molecular flexibility index (Phi) is 10.7. The van der Waals surface area contributed by atoms with E-state index in [0.717, 1.165) is 30.3 Å². The molecule has 1 aromatic carbocycles. The lowest BCUT2D eigenvalue weighted by molar-refractivity contribution is -0.118. The SMILES string of the molecule is CCN(C/C=C/C#CC(C)(C)C)CCNC(=O)CSc1cccc(OC)c1. The zero-order chi connectivity index (χ0) is 20.1. The van der Waals surface area contributed by atoms with E-state index in [0.29, 0.717) is 12.3 Å². The molecule has 0 aliphatic heterocycles. The molecule has 0 saturated heterocycles. The van der Waals surface area contributed by atoms with Crippen LogP contribution in [0.25, 0.3) is 0 Å². The second-order valence-electron chi connectivity index (χ2n) is 7.13. The quantitative estimate of drug-likeness (QED) is 0.489. The Morgan fingerprint density at radius 2 is 2.15 bits per heavy atom. The van der Waals surface area contributed by atoms with Crippen molar-refractivity contribution < 1.29 is 9.53 Å². The number of hydrogen-bond acceptors (Lipinski definition) is 4. The number of allylic oxidation sites excluding steroid dienone is 1. The second-order valence-corrected chi connectivity index (χ2v) is 8.18. The minimum atomic E-state index is 0.0297. The van der Waals surface area contributed by atoms with Gasteiger partial charge in [0.2, 0.25) is 5.91 Å². The summed E-state index contributed by atoms with van der Waals surface area (Å²) in [5.41, 5.74) is 0.0297. The second kappa shape index (κ2) is 12.5. The molecule has 0 fully saturated rings. The molecule has 0 radical (unpaired) electrons. The molecule has 1 N–H and O–H groups in total. The highest BCUT2D eigenvalue weighted by atomic mass is 32.2. The number of rotatable bonds is 10. The number of ether oxygens (including phenoxy) is 1. The fourth-order valence-corrected chi connectivity index (χ4v) is 2.92. The first-order chi connectivity index (χ1) is 12.8. The van der Waals surface area contributed by atoms with Crippen LogP contribution in [0.2, 0.25) is 0 Å². The topological polar surface area (TPSA) is 41.6 Å². The Morgan fingerprint density at radius 1 is 1.37 bits per heavy atom. The maximum absolute atomic E-state index is 12.0. The summed E-state index contributed by atoms with van der Waals surface area (Å²) in [6.07, 6.45) is 3.99. The standard InChI is InChI=1S/C22H32N2O2S/c1-6-24(15-9-7-8-13-22(2,3)4)16-14-23-21(25)18-27-20-12-10-11-19(17-20)26-5/h7,9-12,17H,6,14-16,18H2,1-5H3,(H,23,25)/b9-7+. The first kappa shape index (κ1) is 23.1. The van der Waals surface area contributed by atoms with Gasteiger partial charge in [0.1, 0.15) is 5.75 Å². The number of nitrogens with zero attached hydrogens (tertiary/aromatic N) is 1. The van der Waals surface area contributed by atoms with Gasteiger partial charge in [0, 0.05) is 29.9 Å². The van der Waals surface area contributed by atoms with Crippen molar-refractivity contribution in [1.82, 2.24) is 10.2 Å². The summed E-state index contributed by atoms with van der Waals surface area (Å²) in [6, 6.07) is 7.74. The summed E-state index contributed by atoms with van der Waals surface area (Å²) in [5.74, 6) is 7.52. The van der Waals surface area contributed by atoms with Gasteiger partial charge in [-0.05, 0) is 51.6 Å². The van der Waals surface area contributed by atoms with Gasteiger partial charge in [-0.15, -0.1) is 11.8 Å². The predicted molar refractivity (Wildman–Crippen MR) is 115 cm³/mol. The van der Waals surface area contributed by atoms with Crippen molar-refractivity contribution >= 4 is 17.7 Å². The normalized spacial score (nSPS) is 11.3. The first-order valence-electron chi connectivity index (χ1n) is 9.27. The van der Waals surface area contributed by atoms with E-state index >= 15 is 0 Å². The third kappa shape index (κ3) is 11.4. The molecule has 0 aromatic heterocycles. The van der Waals surface area contributed by atoms with Crippen molar-refractivity contribution in [3.05, 3.63) is 36.4 Å². The predicted octanol–water partition coefficient (Wildman–Crippen LogP) is 3.83. The van der Waals surface area contributed by atoms with Crippen molar-refractivity contribution in [2.45, 2.75) is 32.6 Å². The van der Waals surface area contributed by atoms with E-state index in [1.54, 1.807) is 7.11 Å². The van der Waals surface area contributed by atoms with E-state index in [9.17, 15) is 4.79 Å².